The van der Waals surface area contributed by atoms with Crippen LogP contribution in [-0.4, -0.2) is 47.0 Å². The molecular formula is C28H45NO2. The van der Waals surface area contributed by atoms with Gasteiger partial charge >= 0.3 is 0 Å². The van der Waals surface area contributed by atoms with E-state index in [1.807, 2.05) is 0 Å². The highest BCUT2D eigenvalue weighted by Gasteiger charge is 2.50. The summed E-state index contributed by atoms with van der Waals surface area (Å²) in [6.45, 7) is 15.2. The minimum absolute atomic E-state index is 0.436. The van der Waals surface area contributed by atoms with Crippen molar-refractivity contribution in [3.63, 3.8) is 0 Å². The van der Waals surface area contributed by atoms with Crippen molar-refractivity contribution in [1.82, 2.24) is 4.90 Å². The van der Waals surface area contributed by atoms with E-state index in [9.17, 15) is 10.2 Å². The van der Waals surface area contributed by atoms with Crippen LogP contribution < -0.4 is 0 Å². The van der Waals surface area contributed by atoms with Gasteiger partial charge in [0.15, 0.2) is 0 Å². The SMILES string of the molecule is C=C1[C@H](O)CC(=C/C=C2\CCC[C@]3(C)[C@@H](C(C)CN4CC[C@@H](CC)C4)CC[C@@H]23)C[C@H]1O. The second-order valence-corrected chi connectivity index (χ2v) is 11.5. The van der Waals surface area contributed by atoms with Gasteiger partial charge in [0.25, 0.3) is 0 Å². The molecular weight excluding hydrogens is 382 g/mol. The van der Waals surface area contributed by atoms with Crippen LogP contribution in [0.3, 0.4) is 0 Å². The number of hydrogen-bond acceptors (Lipinski definition) is 3. The summed E-state index contributed by atoms with van der Waals surface area (Å²) in [6.07, 6.45) is 13.9. The van der Waals surface area contributed by atoms with Crippen LogP contribution in [0, 0.1) is 29.1 Å². The smallest absolute Gasteiger partial charge is 0.0809 e. The molecule has 3 heteroatoms. The zero-order valence-corrected chi connectivity index (χ0v) is 20.2. The zero-order valence-electron chi connectivity index (χ0n) is 20.2. The van der Waals surface area contributed by atoms with Crippen LogP contribution in [0.5, 0.6) is 0 Å². The lowest BCUT2D eigenvalue weighted by molar-refractivity contribution is 0.0816. The molecule has 0 bridgehead atoms. The molecule has 0 aromatic carbocycles. The Bertz CT molecular complexity index is 709. The summed E-state index contributed by atoms with van der Waals surface area (Å²) in [5.74, 6) is 3.24. The molecule has 174 valence electrons. The van der Waals surface area contributed by atoms with Crippen LogP contribution in [0.15, 0.2) is 35.5 Å². The molecule has 1 saturated heterocycles. The largest absolute Gasteiger partial charge is 0.388 e. The van der Waals surface area contributed by atoms with Gasteiger partial charge < -0.3 is 15.1 Å². The van der Waals surface area contributed by atoms with Gasteiger partial charge in [-0.2, -0.15) is 0 Å². The molecule has 0 radical (unpaired) electrons. The molecule has 3 nitrogen and oxygen atoms in total. The number of nitrogens with zero attached hydrogens (tertiary/aromatic N) is 1. The summed E-state index contributed by atoms with van der Waals surface area (Å²) in [5, 5.41) is 20.3. The third-order valence-corrected chi connectivity index (χ3v) is 9.52. The molecule has 0 spiro atoms. The first-order chi connectivity index (χ1) is 14.8. The number of rotatable bonds is 5. The van der Waals surface area contributed by atoms with E-state index in [1.54, 1.807) is 5.57 Å². The predicted molar refractivity (Wildman–Crippen MR) is 129 cm³/mol. The van der Waals surface area contributed by atoms with E-state index in [0.717, 1.165) is 23.3 Å². The lowest BCUT2D eigenvalue weighted by atomic mass is 9.61. The number of aliphatic hydroxyl groups is 2. The van der Waals surface area contributed by atoms with Crippen molar-refractivity contribution in [3.8, 4) is 0 Å². The monoisotopic (exact) mass is 427 g/mol. The van der Waals surface area contributed by atoms with Gasteiger partial charge in [0, 0.05) is 13.1 Å². The number of likely N-dealkylation sites (tertiary alicyclic amines) is 1. The van der Waals surface area contributed by atoms with Gasteiger partial charge in [-0.3, -0.25) is 0 Å². The van der Waals surface area contributed by atoms with E-state index in [-0.39, 0.29) is 0 Å². The summed E-state index contributed by atoms with van der Waals surface area (Å²) in [5.41, 5.74) is 3.79. The Morgan fingerprint density at radius 3 is 2.58 bits per heavy atom. The standard InChI is InChI=1S/C28H45NO2/c1-5-21-12-14-29(18-21)17-19(2)24-10-11-25-23(7-6-13-28(24,25)4)9-8-22-15-26(30)20(3)27(31)16-22/h8-9,19,21,24-27,30-31H,3,5-7,10-18H2,1-2,4H3/b23-9+/t19?,21-,24-,25+,26-,27-,28-/m1/s1. The lowest BCUT2D eigenvalue weighted by Gasteiger charge is -2.45. The van der Waals surface area contributed by atoms with Gasteiger partial charge in [0.2, 0.25) is 0 Å². The zero-order chi connectivity index (χ0) is 22.2. The lowest BCUT2D eigenvalue weighted by Crippen LogP contribution is -2.39. The van der Waals surface area contributed by atoms with Crippen molar-refractivity contribution < 1.29 is 10.2 Å². The minimum atomic E-state index is -0.598. The minimum Gasteiger partial charge on any atom is -0.388 e. The third kappa shape index (κ3) is 4.75. The molecule has 2 N–H and O–H groups in total. The van der Waals surface area contributed by atoms with E-state index in [4.69, 9.17) is 0 Å². The topological polar surface area (TPSA) is 43.7 Å². The van der Waals surface area contributed by atoms with Crippen molar-refractivity contribution in [2.45, 2.75) is 90.8 Å². The first-order valence-corrected chi connectivity index (χ1v) is 13.0. The normalized spacial score (nSPS) is 41.6. The Morgan fingerprint density at radius 2 is 1.90 bits per heavy atom. The van der Waals surface area contributed by atoms with Crippen molar-refractivity contribution in [2.24, 2.45) is 29.1 Å². The first-order valence-electron chi connectivity index (χ1n) is 13.0. The van der Waals surface area contributed by atoms with E-state index in [0.29, 0.717) is 29.7 Å². The van der Waals surface area contributed by atoms with Crippen LogP contribution in [0.1, 0.15) is 78.6 Å². The van der Waals surface area contributed by atoms with Crippen molar-refractivity contribution in [1.29, 1.82) is 0 Å². The van der Waals surface area contributed by atoms with E-state index in [2.05, 4.69) is 44.4 Å². The van der Waals surface area contributed by atoms with Crippen LogP contribution >= 0.6 is 0 Å². The molecule has 0 aromatic heterocycles. The number of allylic oxidation sites excluding steroid dienone is 3. The number of hydrogen-bond donors (Lipinski definition) is 2. The van der Waals surface area contributed by atoms with Gasteiger partial charge in [-0.15, -0.1) is 0 Å². The summed E-state index contributed by atoms with van der Waals surface area (Å²) in [7, 11) is 0. The second kappa shape index (κ2) is 9.53. The van der Waals surface area contributed by atoms with Crippen LogP contribution in [0.2, 0.25) is 0 Å². The van der Waals surface area contributed by atoms with Gasteiger partial charge in [0.1, 0.15) is 0 Å². The van der Waals surface area contributed by atoms with E-state index in [1.165, 1.54) is 64.6 Å². The van der Waals surface area contributed by atoms with Crippen molar-refractivity contribution >= 4 is 0 Å². The summed E-state index contributed by atoms with van der Waals surface area (Å²) < 4.78 is 0. The molecule has 0 aromatic rings. The molecule has 3 aliphatic carbocycles. The molecule has 4 fully saturated rings. The molecule has 4 rings (SSSR count). The van der Waals surface area contributed by atoms with E-state index < -0.39 is 12.2 Å². The maximum absolute atomic E-state index is 10.2. The molecule has 0 amide bonds. The van der Waals surface area contributed by atoms with Crippen molar-refractivity contribution in [3.05, 3.63) is 35.5 Å². The number of fused-ring (bicyclic) bond motifs is 1. The fourth-order valence-electron chi connectivity index (χ4n) is 7.59. The molecule has 1 unspecified atom stereocenters. The van der Waals surface area contributed by atoms with Gasteiger partial charge in [0.05, 0.1) is 12.2 Å². The highest BCUT2D eigenvalue weighted by atomic mass is 16.3. The average Bonchev–Trinajstić information content (AvgIpc) is 3.33. The van der Waals surface area contributed by atoms with Crippen molar-refractivity contribution in [2.75, 3.05) is 19.6 Å². The fraction of sp³-hybridized carbons (Fsp3) is 0.786. The fourth-order valence-corrected chi connectivity index (χ4v) is 7.59. The first kappa shape index (κ1) is 23.3. The maximum Gasteiger partial charge on any atom is 0.0809 e. The van der Waals surface area contributed by atoms with Gasteiger partial charge in [-0.05, 0) is 92.6 Å². The Morgan fingerprint density at radius 1 is 1.16 bits per heavy atom. The molecule has 7 atom stereocenters. The average molecular weight is 428 g/mol. The Hall–Kier alpha value is -0.900. The molecule has 1 aliphatic heterocycles. The van der Waals surface area contributed by atoms with Gasteiger partial charge in [-0.1, -0.05) is 57.1 Å². The Kier molecular flexibility index (Phi) is 7.15. The van der Waals surface area contributed by atoms with Crippen LogP contribution in [-0.2, 0) is 0 Å². The molecule has 3 saturated carbocycles. The Labute approximate surface area is 190 Å². The van der Waals surface area contributed by atoms with Gasteiger partial charge in [-0.25, -0.2) is 0 Å². The highest BCUT2D eigenvalue weighted by molar-refractivity contribution is 5.29. The van der Waals surface area contributed by atoms with E-state index >= 15 is 0 Å². The summed E-state index contributed by atoms with van der Waals surface area (Å²) in [6, 6.07) is 0. The van der Waals surface area contributed by atoms with Crippen LogP contribution in [0.4, 0.5) is 0 Å². The summed E-state index contributed by atoms with van der Waals surface area (Å²) in [4.78, 5) is 2.74. The maximum atomic E-state index is 10.2. The molecule has 1 heterocycles. The Balaban J connectivity index is 1.43. The quantitative estimate of drug-likeness (QED) is 0.570. The second-order valence-electron chi connectivity index (χ2n) is 11.5. The predicted octanol–water partition coefficient (Wildman–Crippen LogP) is 5.50. The summed E-state index contributed by atoms with van der Waals surface area (Å²) >= 11 is 0. The van der Waals surface area contributed by atoms with Crippen LogP contribution in [0.25, 0.3) is 0 Å². The highest BCUT2D eigenvalue weighted by Crippen LogP contribution is 2.59. The number of aliphatic hydroxyl groups excluding tert-OH is 2. The molecule has 4 aliphatic rings. The molecule has 31 heavy (non-hydrogen) atoms. The third-order valence-electron chi connectivity index (χ3n) is 9.52.